The highest BCUT2D eigenvalue weighted by Crippen LogP contribution is 2.25. The number of anilines is 1. The molecule has 0 aromatic carbocycles. The molecule has 3 rings (SSSR count). The zero-order valence-electron chi connectivity index (χ0n) is 10.2. The van der Waals surface area contributed by atoms with Crippen LogP contribution < -0.4 is 10.6 Å². The van der Waals surface area contributed by atoms with Crippen molar-refractivity contribution < 1.29 is 0 Å². The number of piperazine rings is 1. The summed E-state index contributed by atoms with van der Waals surface area (Å²) in [5.74, 6) is 0.844. The predicted molar refractivity (Wildman–Crippen MR) is 74.7 cm³/mol. The van der Waals surface area contributed by atoms with Crippen molar-refractivity contribution in [1.82, 2.24) is 14.9 Å². The van der Waals surface area contributed by atoms with Gasteiger partial charge in [-0.1, -0.05) is 12.2 Å². The molecule has 0 bridgehead atoms. The molecule has 0 aliphatic carbocycles. The maximum atomic E-state index is 5.72. The average molecular weight is 263 g/mol. The second-order valence-electron chi connectivity index (χ2n) is 4.87. The summed E-state index contributed by atoms with van der Waals surface area (Å²) < 4.78 is 0. The first-order chi connectivity index (χ1) is 8.75. The first kappa shape index (κ1) is 11.8. The van der Waals surface area contributed by atoms with Crippen molar-refractivity contribution in [3.05, 3.63) is 18.1 Å². The number of thiocarbonyl (C=S) groups is 1. The number of hydrogen-bond donors (Lipinski definition) is 1. The Hall–Kier alpha value is -1.27. The maximum absolute atomic E-state index is 5.72. The number of fused-ring (bicyclic) bond motifs is 1. The van der Waals surface area contributed by atoms with E-state index in [4.69, 9.17) is 18.0 Å². The SMILES string of the molecule is NC(=S)c1nccnc1N1CCN2CCCC2C1. The van der Waals surface area contributed by atoms with Crippen LogP contribution in [0.4, 0.5) is 5.82 Å². The summed E-state index contributed by atoms with van der Waals surface area (Å²) in [4.78, 5) is 13.8. The van der Waals surface area contributed by atoms with Gasteiger partial charge in [0.15, 0.2) is 5.82 Å². The van der Waals surface area contributed by atoms with Crippen LogP contribution in [0.2, 0.25) is 0 Å². The van der Waals surface area contributed by atoms with Gasteiger partial charge in [-0.15, -0.1) is 0 Å². The zero-order valence-corrected chi connectivity index (χ0v) is 11.1. The lowest BCUT2D eigenvalue weighted by Gasteiger charge is -2.38. The largest absolute Gasteiger partial charge is 0.388 e. The normalized spacial score (nSPS) is 24.0. The minimum Gasteiger partial charge on any atom is -0.388 e. The van der Waals surface area contributed by atoms with Gasteiger partial charge in [0.05, 0.1) is 0 Å². The molecule has 0 radical (unpaired) electrons. The van der Waals surface area contributed by atoms with E-state index in [1.54, 1.807) is 12.4 Å². The molecule has 2 N–H and O–H groups in total. The van der Waals surface area contributed by atoms with Crippen LogP contribution in [-0.4, -0.2) is 52.1 Å². The molecule has 6 heteroatoms. The van der Waals surface area contributed by atoms with E-state index in [9.17, 15) is 0 Å². The van der Waals surface area contributed by atoms with Gasteiger partial charge in [0.25, 0.3) is 0 Å². The molecular formula is C12H17N5S. The van der Waals surface area contributed by atoms with Gasteiger partial charge in [0.2, 0.25) is 0 Å². The quantitative estimate of drug-likeness (QED) is 0.779. The van der Waals surface area contributed by atoms with Gasteiger partial charge in [-0.2, -0.15) is 0 Å². The summed E-state index contributed by atoms with van der Waals surface area (Å²) >= 11 is 5.05. The Morgan fingerprint density at radius 2 is 2.11 bits per heavy atom. The fourth-order valence-electron chi connectivity index (χ4n) is 2.92. The first-order valence-corrected chi connectivity index (χ1v) is 6.76. The van der Waals surface area contributed by atoms with Gasteiger partial charge in [-0.05, 0) is 19.4 Å². The molecule has 0 saturated carbocycles. The Kier molecular flexibility index (Phi) is 3.13. The molecule has 18 heavy (non-hydrogen) atoms. The van der Waals surface area contributed by atoms with E-state index in [0.29, 0.717) is 16.7 Å². The summed E-state index contributed by atoms with van der Waals surface area (Å²) in [5, 5.41) is 0. The second-order valence-corrected chi connectivity index (χ2v) is 5.31. The fraction of sp³-hybridized carbons (Fsp3) is 0.583. The molecule has 5 nitrogen and oxygen atoms in total. The van der Waals surface area contributed by atoms with Crippen LogP contribution in [0.1, 0.15) is 18.5 Å². The van der Waals surface area contributed by atoms with Crippen LogP contribution in [0.3, 0.4) is 0 Å². The molecule has 0 spiro atoms. The molecule has 2 fully saturated rings. The van der Waals surface area contributed by atoms with E-state index >= 15 is 0 Å². The van der Waals surface area contributed by atoms with Crippen molar-refractivity contribution in [3.8, 4) is 0 Å². The van der Waals surface area contributed by atoms with E-state index in [-0.39, 0.29) is 0 Å². The summed E-state index contributed by atoms with van der Waals surface area (Å²) in [6.07, 6.45) is 5.93. The molecule has 0 amide bonds. The van der Waals surface area contributed by atoms with Crippen molar-refractivity contribution in [3.63, 3.8) is 0 Å². The Morgan fingerprint density at radius 3 is 2.94 bits per heavy atom. The summed E-state index contributed by atoms with van der Waals surface area (Å²) in [6, 6.07) is 0.653. The van der Waals surface area contributed by atoms with Crippen LogP contribution in [0.15, 0.2) is 12.4 Å². The molecule has 1 aromatic rings. The Bertz CT molecular complexity index is 464. The van der Waals surface area contributed by atoms with Gasteiger partial charge < -0.3 is 10.6 Å². The highest BCUT2D eigenvalue weighted by Gasteiger charge is 2.32. The van der Waals surface area contributed by atoms with E-state index in [1.165, 1.54) is 19.4 Å². The van der Waals surface area contributed by atoms with Crippen LogP contribution in [0.25, 0.3) is 0 Å². The third-order valence-electron chi connectivity index (χ3n) is 3.80. The molecule has 1 aromatic heterocycles. The molecule has 96 valence electrons. The fourth-order valence-corrected chi connectivity index (χ4v) is 3.06. The third-order valence-corrected chi connectivity index (χ3v) is 3.99. The molecule has 2 saturated heterocycles. The first-order valence-electron chi connectivity index (χ1n) is 6.35. The van der Waals surface area contributed by atoms with E-state index in [0.717, 1.165) is 25.5 Å². The molecule has 2 aliphatic rings. The van der Waals surface area contributed by atoms with Crippen molar-refractivity contribution in [2.45, 2.75) is 18.9 Å². The van der Waals surface area contributed by atoms with Crippen LogP contribution in [0.5, 0.6) is 0 Å². The number of aromatic nitrogens is 2. The monoisotopic (exact) mass is 263 g/mol. The highest BCUT2D eigenvalue weighted by molar-refractivity contribution is 7.80. The topological polar surface area (TPSA) is 58.3 Å². The minimum absolute atomic E-state index is 0.326. The van der Waals surface area contributed by atoms with Crippen molar-refractivity contribution >= 4 is 23.0 Å². The van der Waals surface area contributed by atoms with Crippen LogP contribution in [-0.2, 0) is 0 Å². The number of hydrogen-bond acceptors (Lipinski definition) is 5. The zero-order chi connectivity index (χ0) is 12.5. The van der Waals surface area contributed by atoms with Crippen LogP contribution in [0, 0.1) is 0 Å². The summed E-state index contributed by atoms with van der Waals surface area (Å²) in [5.41, 5.74) is 6.37. The molecule has 1 unspecified atom stereocenters. The number of nitrogens with zero attached hydrogens (tertiary/aromatic N) is 4. The lowest BCUT2D eigenvalue weighted by molar-refractivity contribution is 0.230. The van der Waals surface area contributed by atoms with Crippen molar-refractivity contribution in [2.75, 3.05) is 31.1 Å². The Balaban J connectivity index is 1.85. The van der Waals surface area contributed by atoms with E-state index in [1.807, 2.05) is 0 Å². The van der Waals surface area contributed by atoms with E-state index < -0.39 is 0 Å². The Morgan fingerprint density at radius 1 is 1.28 bits per heavy atom. The second kappa shape index (κ2) is 4.78. The summed E-state index contributed by atoms with van der Waals surface area (Å²) in [6.45, 7) is 4.32. The van der Waals surface area contributed by atoms with Crippen LogP contribution >= 0.6 is 12.2 Å². The highest BCUT2D eigenvalue weighted by atomic mass is 32.1. The van der Waals surface area contributed by atoms with Gasteiger partial charge in [-0.25, -0.2) is 9.97 Å². The van der Waals surface area contributed by atoms with Gasteiger partial charge in [0.1, 0.15) is 10.7 Å². The summed E-state index contributed by atoms with van der Waals surface area (Å²) in [7, 11) is 0. The average Bonchev–Trinajstić information content (AvgIpc) is 2.85. The minimum atomic E-state index is 0.326. The number of nitrogens with two attached hydrogens (primary N) is 1. The van der Waals surface area contributed by atoms with E-state index in [2.05, 4.69) is 19.8 Å². The number of rotatable bonds is 2. The molecule has 2 aliphatic heterocycles. The van der Waals surface area contributed by atoms with Gasteiger partial charge in [0, 0.05) is 38.1 Å². The standard InChI is InChI=1S/C12H17N5S/c13-11(18)10-12(15-4-3-14-10)17-7-6-16-5-1-2-9(16)8-17/h3-4,9H,1-2,5-8H2,(H2,13,18). The predicted octanol–water partition coefficient (Wildman–Crippen LogP) is 0.395. The van der Waals surface area contributed by atoms with Crippen molar-refractivity contribution in [2.24, 2.45) is 5.73 Å². The lowest BCUT2D eigenvalue weighted by atomic mass is 10.1. The maximum Gasteiger partial charge on any atom is 0.157 e. The Labute approximate surface area is 112 Å². The lowest BCUT2D eigenvalue weighted by Crippen LogP contribution is -2.50. The smallest absolute Gasteiger partial charge is 0.157 e. The third kappa shape index (κ3) is 2.06. The molecular weight excluding hydrogens is 246 g/mol. The molecule has 3 heterocycles. The van der Waals surface area contributed by atoms with Gasteiger partial charge in [-0.3, -0.25) is 4.90 Å². The van der Waals surface area contributed by atoms with Crippen molar-refractivity contribution in [1.29, 1.82) is 0 Å². The molecule has 1 atom stereocenters. The van der Waals surface area contributed by atoms with Gasteiger partial charge >= 0.3 is 0 Å².